The van der Waals surface area contributed by atoms with Crippen LogP contribution in [-0.4, -0.2) is 16.8 Å². The van der Waals surface area contributed by atoms with Crippen LogP contribution in [0.5, 0.6) is 0 Å². The second-order valence-electron chi connectivity index (χ2n) is 7.74. The predicted molar refractivity (Wildman–Crippen MR) is 139 cm³/mol. The number of nitrogens with one attached hydrogen (secondary N) is 2. The van der Waals surface area contributed by atoms with Crippen molar-refractivity contribution in [2.75, 3.05) is 5.32 Å². The molecule has 35 heavy (non-hydrogen) atoms. The quantitative estimate of drug-likeness (QED) is 0.313. The Morgan fingerprint density at radius 1 is 1.00 bits per heavy atom. The van der Waals surface area contributed by atoms with Gasteiger partial charge in [-0.25, -0.2) is 4.98 Å². The molecule has 4 aromatic rings. The third-order valence-corrected chi connectivity index (χ3v) is 7.12. The van der Waals surface area contributed by atoms with Crippen molar-refractivity contribution in [1.29, 1.82) is 5.26 Å². The van der Waals surface area contributed by atoms with Crippen LogP contribution in [0.2, 0.25) is 0 Å². The first-order chi connectivity index (χ1) is 16.9. The summed E-state index contributed by atoms with van der Waals surface area (Å²) in [6.45, 7) is 3.43. The zero-order chi connectivity index (χ0) is 24.8. The number of aromatic nitrogens is 1. The zero-order valence-corrected chi connectivity index (χ0v) is 20.7. The molecule has 0 aliphatic carbocycles. The van der Waals surface area contributed by atoms with Crippen molar-refractivity contribution in [3.63, 3.8) is 0 Å². The topological polar surface area (TPSA) is 94.9 Å². The van der Waals surface area contributed by atoms with Gasteiger partial charge in [0, 0.05) is 27.7 Å². The number of nitrogens with zero attached hydrogens (tertiary/aromatic N) is 2. The summed E-state index contributed by atoms with van der Waals surface area (Å²) >= 11 is 2.74. The van der Waals surface area contributed by atoms with Gasteiger partial charge in [0.1, 0.15) is 6.07 Å². The Morgan fingerprint density at radius 2 is 1.69 bits per heavy atom. The fourth-order valence-corrected chi connectivity index (χ4v) is 5.21. The van der Waals surface area contributed by atoms with E-state index in [0.29, 0.717) is 16.3 Å². The number of carbonyl (C=O) groups excluding carboxylic acids is 2. The number of rotatable bonds is 7. The van der Waals surface area contributed by atoms with Gasteiger partial charge < -0.3 is 5.32 Å². The summed E-state index contributed by atoms with van der Waals surface area (Å²) in [6.07, 6.45) is 0. The summed E-state index contributed by atoms with van der Waals surface area (Å²) in [5, 5.41) is 17.5. The highest BCUT2D eigenvalue weighted by atomic mass is 32.2. The van der Waals surface area contributed by atoms with Gasteiger partial charge in [-0.05, 0) is 36.8 Å². The van der Waals surface area contributed by atoms with Crippen LogP contribution < -0.4 is 10.6 Å². The molecule has 3 aromatic carbocycles. The molecule has 1 aromatic heterocycles. The number of hydrogen-bond donors (Lipinski definition) is 2. The van der Waals surface area contributed by atoms with Gasteiger partial charge >= 0.3 is 0 Å². The normalized spacial score (nSPS) is 11.3. The van der Waals surface area contributed by atoms with E-state index < -0.39 is 0 Å². The Kier molecular flexibility index (Phi) is 7.60. The van der Waals surface area contributed by atoms with Crippen molar-refractivity contribution >= 4 is 40.0 Å². The van der Waals surface area contributed by atoms with Crippen LogP contribution in [0.25, 0.3) is 11.3 Å². The van der Waals surface area contributed by atoms with Crippen LogP contribution in [-0.2, 0) is 4.79 Å². The number of carbonyl (C=O) groups is 2. The number of benzene rings is 3. The van der Waals surface area contributed by atoms with Gasteiger partial charge in [-0.3, -0.25) is 14.9 Å². The fraction of sp³-hybridized carbons (Fsp3) is 0.111. The van der Waals surface area contributed by atoms with Gasteiger partial charge in [0.05, 0.1) is 22.9 Å². The first-order valence-electron chi connectivity index (χ1n) is 10.8. The average molecular weight is 499 g/mol. The van der Waals surface area contributed by atoms with E-state index in [2.05, 4.69) is 21.7 Å². The molecule has 0 saturated heterocycles. The van der Waals surface area contributed by atoms with Crippen molar-refractivity contribution in [1.82, 2.24) is 10.3 Å². The lowest BCUT2D eigenvalue weighted by atomic mass is 10.1. The molecule has 0 aliphatic rings. The van der Waals surface area contributed by atoms with Gasteiger partial charge in [0.15, 0.2) is 5.13 Å². The molecule has 0 radical (unpaired) electrons. The standard InChI is InChI=1S/C27H22N4O2S2/c1-17(29-18(2)32)19-11-13-20(14-12-19)23-16-34-27(30-23)31-26(33)22-8-4-6-10-25(22)35-24-9-5-3-7-21(24)15-28/h3-14,16-17H,1-2H3,(H,29,32)(H,30,31,33)/t17-/m0/s1. The van der Waals surface area contributed by atoms with Crippen molar-refractivity contribution in [2.45, 2.75) is 29.7 Å². The highest BCUT2D eigenvalue weighted by Crippen LogP contribution is 2.33. The Hall–Kier alpha value is -3.93. The second-order valence-corrected chi connectivity index (χ2v) is 9.68. The highest BCUT2D eigenvalue weighted by Gasteiger charge is 2.16. The van der Waals surface area contributed by atoms with E-state index in [1.165, 1.54) is 30.0 Å². The van der Waals surface area contributed by atoms with E-state index in [9.17, 15) is 14.9 Å². The van der Waals surface area contributed by atoms with Crippen LogP contribution in [0.1, 0.15) is 41.4 Å². The Balaban J connectivity index is 1.48. The lowest BCUT2D eigenvalue weighted by Gasteiger charge is -2.13. The van der Waals surface area contributed by atoms with E-state index >= 15 is 0 Å². The third-order valence-electron chi connectivity index (χ3n) is 5.21. The largest absolute Gasteiger partial charge is 0.350 e. The minimum absolute atomic E-state index is 0.0734. The average Bonchev–Trinajstić information content (AvgIpc) is 3.33. The molecule has 174 valence electrons. The molecule has 0 bridgehead atoms. The molecule has 0 unspecified atom stereocenters. The molecule has 6 nitrogen and oxygen atoms in total. The van der Waals surface area contributed by atoms with Gasteiger partial charge in [-0.2, -0.15) is 5.26 Å². The first-order valence-corrected chi connectivity index (χ1v) is 12.5. The fourth-order valence-electron chi connectivity index (χ4n) is 3.47. The molecule has 1 atom stereocenters. The van der Waals surface area contributed by atoms with E-state index in [1.807, 2.05) is 73.0 Å². The van der Waals surface area contributed by atoms with Crippen LogP contribution in [0, 0.1) is 11.3 Å². The van der Waals surface area contributed by atoms with Gasteiger partial charge in [0.2, 0.25) is 5.91 Å². The van der Waals surface area contributed by atoms with Crippen molar-refractivity contribution in [3.8, 4) is 17.3 Å². The third kappa shape index (κ3) is 5.96. The zero-order valence-electron chi connectivity index (χ0n) is 19.1. The van der Waals surface area contributed by atoms with E-state index in [0.717, 1.165) is 26.6 Å². The summed E-state index contributed by atoms with van der Waals surface area (Å²) < 4.78 is 0. The number of thiazole rings is 1. The summed E-state index contributed by atoms with van der Waals surface area (Å²) in [5.74, 6) is -0.335. The second kappa shape index (κ2) is 11.0. The number of hydrogen-bond acceptors (Lipinski definition) is 6. The first kappa shape index (κ1) is 24.2. The van der Waals surface area contributed by atoms with Gasteiger partial charge in [0.25, 0.3) is 5.91 Å². The maximum Gasteiger partial charge on any atom is 0.258 e. The SMILES string of the molecule is CC(=O)N[C@@H](C)c1ccc(-c2csc(NC(=O)c3ccccc3Sc3ccccc3C#N)n2)cc1. The smallest absolute Gasteiger partial charge is 0.258 e. The summed E-state index contributed by atoms with van der Waals surface area (Å²) in [6, 6.07) is 24.6. The van der Waals surface area contributed by atoms with Crippen molar-refractivity contribution < 1.29 is 9.59 Å². The molecular weight excluding hydrogens is 476 g/mol. The predicted octanol–water partition coefficient (Wildman–Crippen LogP) is 6.28. The molecule has 0 aliphatic heterocycles. The van der Waals surface area contributed by atoms with Gasteiger partial charge in [-0.15, -0.1) is 11.3 Å². The maximum absolute atomic E-state index is 13.1. The molecular formula is C27H22N4O2S2. The maximum atomic E-state index is 13.1. The van der Waals surface area contributed by atoms with Crippen LogP contribution in [0.4, 0.5) is 5.13 Å². The number of nitriles is 1. The van der Waals surface area contributed by atoms with Crippen LogP contribution in [0.3, 0.4) is 0 Å². The molecule has 8 heteroatoms. The Morgan fingerprint density at radius 3 is 2.40 bits per heavy atom. The number of amides is 2. The molecule has 0 fully saturated rings. The van der Waals surface area contributed by atoms with Crippen LogP contribution >= 0.6 is 23.1 Å². The lowest BCUT2D eigenvalue weighted by Crippen LogP contribution is -2.23. The molecule has 4 rings (SSSR count). The summed E-state index contributed by atoms with van der Waals surface area (Å²) in [4.78, 5) is 30.5. The molecule has 0 spiro atoms. The minimum atomic E-state index is -0.261. The molecule has 1 heterocycles. The van der Waals surface area contributed by atoms with E-state index in [4.69, 9.17) is 0 Å². The van der Waals surface area contributed by atoms with E-state index in [-0.39, 0.29) is 17.9 Å². The summed E-state index contributed by atoms with van der Waals surface area (Å²) in [5.41, 5.74) is 3.76. The van der Waals surface area contributed by atoms with Crippen molar-refractivity contribution in [2.24, 2.45) is 0 Å². The van der Waals surface area contributed by atoms with Gasteiger partial charge in [-0.1, -0.05) is 60.3 Å². The van der Waals surface area contributed by atoms with E-state index in [1.54, 1.807) is 12.1 Å². The Bertz CT molecular complexity index is 1410. The molecule has 2 N–H and O–H groups in total. The molecule has 2 amide bonds. The monoisotopic (exact) mass is 498 g/mol. The minimum Gasteiger partial charge on any atom is -0.350 e. The van der Waals surface area contributed by atoms with Crippen molar-refractivity contribution in [3.05, 3.63) is 94.9 Å². The number of anilines is 1. The lowest BCUT2D eigenvalue weighted by molar-refractivity contribution is -0.119. The molecule has 0 saturated carbocycles. The summed E-state index contributed by atoms with van der Waals surface area (Å²) in [7, 11) is 0. The highest BCUT2D eigenvalue weighted by molar-refractivity contribution is 7.99. The Labute approximate surface area is 212 Å². The van der Waals surface area contributed by atoms with Crippen LogP contribution in [0.15, 0.2) is 88.0 Å².